The first-order valence-corrected chi connectivity index (χ1v) is 48.5. The molecular weight excluding hydrogens is 1890 g/mol. The van der Waals surface area contributed by atoms with Crippen LogP contribution >= 0.6 is 0 Å². The SMILES string of the molecule is CCNC(C)C(=O)CC(Cc1ccc(OC)cc1)C(=O)NC(Cc1ccccc1)C(=O)C1(C)CO1.COc1ccc(CC(CC(=O)C(C)NC(CO)C(F)(F)F)C(=O)NC(Cc2ccccc2)C(=O)C2(C)CO2)cc1.COc1ccc(CC(CC(=O)CNC(=O)CO)C(=O)NC(Cc2ccccc2)C(=O)C2(C)CO2)cc1.COc1ccc(CC(CC(=O)CNC(C)=O)C(=O)NC(Cc2ccccc2)C(=O)C2(C)CO2)cc1. The summed E-state index contributed by atoms with van der Waals surface area (Å²) in [6.45, 7) is 12.6. The molecule has 12 rings (SSSR count). The number of ether oxygens (including phenoxy) is 8. The molecule has 15 atom stereocenters. The Kier molecular flexibility index (Phi) is 44.4. The molecule has 10 N–H and O–H groups in total. The predicted octanol–water partition coefficient (Wildman–Crippen LogP) is 8.74. The zero-order valence-electron chi connectivity index (χ0n) is 84.5. The van der Waals surface area contributed by atoms with E-state index in [4.69, 9.17) is 48.1 Å². The van der Waals surface area contributed by atoms with E-state index in [-0.39, 0.29) is 123 Å². The van der Waals surface area contributed by atoms with Crippen molar-refractivity contribution in [1.82, 2.24) is 42.5 Å². The molecule has 32 nitrogen and oxygen atoms in total. The van der Waals surface area contributed by atoms with Gasteiger partial charge in [-0.25, -0.2) is 0 Å². The second kappa shape index (κ2) is 55.8. The van der Waals surface area contributed by atoms with Crippen molar-refractivity contribution in [2.45, 2.75) is 203 Å². The van der Waals surface area contributed by atoms with Gasteiger partial charge in [0.2, 0.25) is 35.4 Å². The number of likely N-dealkylation sites (N-methyl/N-ethyl adjacent to an activating group) is 1. The van der Waals surface area contributed by atoms with Gasteiger partial charge in [0.05, 0.1) is 111 Å². The van der Waals surface area contributed by atoms with Gasteiger partial charge in [-0.05, 0) is 192 Å². The van der Waals surface area contributed by atoms with Crippen molar-refractivity contribution in [3.63, 3.8) is 0 Å². The number of alkyl halides is 3. The summed E-state index contributed by atoms with van der Waals surface area (Å²) in [5.41, 5.74) is 3.11. The maximum Gasteiger partial charge on any atom is 0.406 e. The average Bonchev–Trinajstić information content (AvgIpc) is 1.65. The lowest BCUT2D eigenvalue weighted by atomic mass is 9.89. The molecule has 4 fully saturated rings. The van der Waals surface area contributed by atoms with E-state index in [1.165, 1.54) is 21.0 Å². The maximum atomic E-state index is 13.6. The van der Waals surface area contributed by atoms with Crippen molar-refractivity contribution < 1.29 is 128 Å². The van der Waals surface area contributed by atoms with Crippen LogP contribution in [0.5, 0.6) is 23.0 Å². The molecule has 4 heterocycles. The average molecular weight is 2020 g/mol. The van der Waals surface area contributed by atoms with Crippen LogP contribution in [0.2, 0.25) is 0 Å². The number of ketones is 8. The molecule has 146 heavy (non-hydrogen) atoms. The minimum absolute atomic E-state index is 0.0380. The fourth-order valence-electron chi connectivity index (χ4n) is 16.2. The molecule has 0 bridgehead atoms. The summed E-state index contributed by atoms with van der Waals surface area (Å²) < 4.78 is 81.6. The first-order chi connectivity index (χ1) is 69.5. The highest BCUT2D eigenvalue weighted by molar-refractivity contribution is 6.01. The van der Waals surface area contributed by atoms with Crippen LogP contribution in [-0.4, -0.2) is 251 Å². The van der Waals surface area contributed by atoms with Gasteiger partial charge in [-0.1, -0.05) is 177 Å². The Morgan fingerprint density at radius 1 is 0.356 bits per heavy atom. The van der Waals surface area contributed by atoms with Gasteiger partial charge in [-0.3, -0.25) is 72.4 Å². The van der Waals surface area contributed by atoms with Crippen LogP contribution in [0, 0.1) is 23.7 Å². The van der Waals surface area contributed by atoms with Gasteiger partial charge in [-0.15, -0.1) is 0 Å². The number of methoxy groups -OCH3 is 4. The van der Waals surface area contributed by atoms with Crippen LogP contribution in [0.1, 0.15) is 126 Å². The zero-order chi connectivity index (χ0) is 106. The van der Waals surface area contributed by atoms with Crippen molar-refractivity contribution in [3.8, 4) is 23.0 Å². The number of rotatable bonds is 56. The molecule has 4 saturated heterocycles. The van der Waals surface area contributed by atoms with Gasteiger partial charge in [-0.2, -0.15) is 13.2 Å². The summed E-state index contributed by atoms with van der Waals surface area (Å²) in [6, 6.07) is 58.9. The van der Waals surface area contributed by atoms with Crippen molar-refractivity contribution in [1.29, 1.82) is 0 Å². The Morgan fingerprint density at radius 3 is 0.815 bits per heavy atom. The highest BCUT2D eigenvalue weighted by Crippen LogP contribution is 2.35. The van der Waals surface area contributed by atoms with E-state index in [0.717, 1.165) is 44.7 Å². The van der Waals surface area contributed by atoms with E-state index >= 15 is 0 Å². The van der Waals surface area contributed by atoms with Crippen LogP contribution in [0.4, 0.5) is 13.2 Å². The highest BCUT2D eigenvalue weighted by atomic mass is 19.4. The number of benzene rings is 8. The summed E-state index contributed by atoms with van der Waals surface area (Å²) in [5.74, 6) is -5.33. The quantitative estimate of drug-likeness (QED) is 0.0159. The van der Waals surface area contributed by atoms with Gasteiger partial charge in [0, 0.05) is 56.3 Å². The molecule has 0 aromatic heterocycles. The van der Waals surface area contributed by atoms with Crippen molar-refractivity contribution in [3.05, 3.63) is 263 Å². The summed E-state index contributed by atoms with van der Waals surface area (Å²) in [6.07, 6.45) is -3.10. The lowest BCUT2D eigenvalue weighted by Gasteiger charge is -2.26. The minimum Gasteiger partial charge on any atom is -0.497 e. The van der Waals surface area contributed by atoms with Crippen LogP contribution < -0.4 is 61.5 Å². The summed E-state index contributed by atoms with van der Waals surface area (Å²) >= 11 is 0. The molecule has 784 valence electrons. The Bertz CT molecular complexity index is 5660. The number of aliphatic hydroxyl groups is 2. The predicted molar refractivity (Wildman–Crippen MR) is 536 cm³/mol. The smallest absolute Gasteiger partial charge is 0.406 e. The number of epoxide rings is 4. The molecule has 8 aromatic carbocycles. The highest BCUT2D eigenvalue weighted by Gasteiger charge is 2.54. The number of hydrogen-bond donors (Lipinski definition) is 10. The number of hydrogen-bond acceptors (Lipinski definition) is 26. The first kappa shape index (κ1) is 116. The number of aliphatic hydroxyl groups excluding tert-OH is 2. The number of nitrogens with one attached hydrogen (secondary N) is 8. The van der Waals surface area contributed by atoms with Crippen molar-refractivity contribution in [2.75, 3.05) is 87.7 Å². The fraction of sp³-hybridized carbons (Fsp3) is 0.441. The third kappa shape index (κ3) is 37.6. The Labute approximate surface area is 848 Å². The van der Waals surface area contributed by atoms with Gasteiger partial charge in [0.25, 0.3) is 0 Å². The Morgan fingerprint density at radius 2 is 0.596 bits per heavy atom. The van der Waals surface area contributed by atoms with Crippen LogP contribution in [-0.2, 0) is 137 Å². The fourth-order valence-corrected chi connectivity index (χ4v) is 16.2. The van der Waals surface area contributed by atoms with Gasteiger partial charge >= 0.3 is 6.18 Å². The third-order valence-corrected chi connectivity index (χ3v) is 25.6. The molecular formula is C111H135F3N8O24. The number of Topliss-reactive ketones (excluding diaryl/α,β-unsaturated/α-hetero) is 8. The van der Waals surface area contributed by atoms with E-state index in [1.54, 1.807) is 104 Å². The van der Waals surface area contributed by atoms with Crippen LogP contribution in [0.15, 0.2) is 218 Å². The van der Waals surface area contributed by atoms with Gasteiger partial charge in [0.15, 0.2) is 34.7 Å². The Hall–Kier alpha value is -13.4. The summed E-state index contributed by atoms with van der Waals surface area (Å²) in [7, 11) is 6.23. The number of carbonyl (C=O) groups excluding carboxylic acids is 14. The first-order valence-electron chi connectivity index (χ1n) is 48.5. The van der Waals surface area contributed by atoms with E-state index < -0.39 is 131 Å². The van der Waals surface area contributed by atoms with Gasteiger partial charge in [0.1, 0.15) is 69.6 Å². The molecule has 6 amide bonds. The van der Waals surface area contributed by atoms with E-state index in [2.05, 4.69) is 42.5 Å². The van der Waals surface area contributed by atoms with Crippen molar-refractivity contribution >= 4 is 81.7 Å². The lowest BCUT2D eigenvalue weighted by molar-refractivity contribution is -0.166. The summed E-state index contributed by atoms with van der Waals surface area (Å²) in [5, 5.41) is 39.5. The molecule has 4 aliphatic heterocycles. The standard InChI is InChI=1S/C29H35F3N2O6.C28H36N2O5.C27H32N2O7.C27H32N2O6/c1-18(33-25(16-35)29(30,31)32)24(36)15-21(13-20-9-11-22(39-3)12-10-20)27(38)34-23(26(37)28(2)17-40-28)14-19-7-5-4-6-8-19;1-5-29-19(2)25(31)17-22(15-21-11-13-23(34-4)14-12-21)27(33)30-24(26(32)28(3)18-35-28)16-20-9-7-6-8-10-20;1-27(17-36-27)25(33)23(13-18-6-4-3-5-7-18)29-26(34)20(14-21(31)15-28-24(32)16-30)12-19-8-10-22(35-2)11-9-19;1-18(30)28-16-22(31)15-21(13-20-9-11-23(34-3)12-10-20)26(33)29-24(25(32)27(2)17-35-27)14-19-7-5-4-6-8-19/h4-12,18,21,23,25,33,35H,13-17H2,1-3H3,(H,34,38);6-14,19,22,24,29H,5,15-18H2,1-4H3,(H,30,33);3-11,20,23,30H,12-17H2,1-2H3,(H,28,32)(H,29,34);4-12,21,24H,13-17H2,1-3H3,(H,28,30)(H,29,33). The van der Waals surface area contributed by atoms with Crippen LogP contribution in [0.25, 0.3) is 0 Å². The molecule has 0 saturated carbocycles. The second-order valence-corrected chi connectivity index (χ2v) is 37.7. The Balaban J connectivity index is 0.000000217. The van der Waals surface area contributed by atoms with Gasteiger partial charge < -0.3 is 85.3 Å². The zero-order valence-corrected chi connectivity index (χ0v) is 84.5. The molecule has 4 aliphatic rings. The normalized spacial score (nSPS) is 18.8. The maximum absolute atomic E-state index is 13.6. The van der Waals surface area contributed by atoms with E-state index in [0.29, 0.717) is 81.3 Å². The molecule has 0 spiro atoms. The largest absolute Gasteiger partial charge is 0.497 e. The number of halogens is 3. The van der Waals surface area contributed by atoms with E-state index in [1.807, 2.05) is 177 Å². The monoisotopic (exact) mass is 2020 g/mol. The minimum atomic E-state index is -4.75. The van der Waals surface area contributed by atoms with E-state index in [9.17, 15) is 80.3 Å². The number of amides is 6. The molecule has 0 aliphatic carbocycles. The molecule has 8 aromatic rings. The molecule has 15 unspecified atom stereocenters. The third-order valence-electron chi connectivity index (χ3n) is 25.6. The second-order valence-electron chi connectivity index (χ2n) is 37.7. The van der Waals surface area contributed by atoms with Crippen molar-refractivity contribution in [2.24, 2.45) is 23.7 Å². The topological polar surface area (TPSA) is 463 Å². The van der Waals surface area contributed by atoms with Crippen LogP contribution in [0.3, 0.4) is 0 Å². The summed E-state index contributed by atoms with van der Waals surface area (Å²) in [4.78, 5) is 180. The number of carbonyl (C=O) groups is 14. The molecule has 0 radical (unpaired) electrons. The molecule has 35 heteroatoms. The lowest BCUT2D eigenvalue weighted by Crippen LogP contribution is -2.52.